The Kier molecular flexibility index (Phi) is 4.64. The van der Waals surface area contributed by atoms with Crippen molar-refractivity contribution < 1.29 is 9.90 Å². The Morgan fingerprint density at radius 2 is 1.88 bits per heavy atom. The van der Waals surface area contributed by atoms with E-state index in [0.29, 0.717) is 31.9 Å². The number of aryl methyl sites for hydroxylation is 1. The summed E-state index contributed by atoms with van der Waals surface area (Å²) in [5.41, 5.74) is 1.93. The summed E-state index contributed by atoms with van der Waals surface area (Å²) in [6.07, 6.45) is 1.31. The van der Waals surface area contributed by atoms with E-state index in [0.717, 1.165) is 17.2 Å². The smallest absolute Gasteiger partial charge is 0.306 e. The first-order valence-corrected chi connectivity index (χ1v) is 8.17. The summed E-state index contributed by atoms with van der Waals surface area (Å²) in [6, 6.07) is 11.9. The molecule has 0 atom stereocenters. The number of hydrogen-bond donors (Lipinski definition) is 1. The maximum absolute atomic E-state index is 11.1. The van der Waals surface area contributed by atoms with Crippen LogP contribution >= 0.6 is 0 Å². The highest BCUT2D eigenvalue weighted by Gasteiger charge is 2.25. The van der Waals surface area contributed by atoms with Gasteiger partial charge in [-0.2, -0.15) is 4.98 Å². The zero-order chi connectivity index (χ0) is 17.1. The molecule has 24 heavy (non-hydrogen) atoms. The Bertz CT molecular complexity index is 712. The molecule has 1 aliphatic heterocycles. The molecule has 1 fully saturated rings. The third-order valence-corrected chi connectivity index (χ3v) is 4.44. The molecule has 2 heterocycles. The zero-order valence-electron chi connectivity index (χ0n) is 14.0. The second kappa shape index (κ2) is 6.86. The molecule has 1 aromatic heterocycles. The van der Waals surface area contributed by atoms with Gasteiger partial charge in [-0.15, -0.1) is 0 Å². The average Bonchev–Trinajstić information content (AvgIpc) is 2.61. The van der Waals surface area contributed by atoms with Crippen molar-refractivity contribution in [2.24, 2.45) is 5.92 Å². The Balaban J connectivity index is 1.81. The number of benzene rings is 1. The highest BCUT2D eigenvalue weighted by atomic mass is 16.4. The van der Waals surface area contributed by atoms with Gasteiger partial charge in [0.15, 0.2) is 0 Å². The van der Waals surface area contributed by atoms with Crippen LogP contribution in [0.4, 0.5) is 17.5 Å². The average molecular weight is 326 g/mol. The summed E-state index contributed by atoms with van der Waals surface area (Å²) in [4.78, 5) is 24.4. The van der Waals surface area contributed by atoms with Crippen LogP contribution in [0.2, 0.25) is 0 Å². The van der Waals surface area contributed by atoms with Gasteiger partial charge in [0, 0.05) is 37.6 Å². The van der Waals surface area contributed by atoms with Crippen LogP contribution in [0.1, 0.15) is 18.5 Å². The van der Waals surface area contributed by atoms with Gasteiger partial charge in [-0.25, -0.2) is 4.98 Å². The van der Waals surface area contributed by atoms with Crippen LogP contribution in [-0.4, -0.2) is 41.2 Å². The van der Waals surface area contributed by atoms with Crippen LogP contribution in [-0.2, 0) is 4.79 Å². The summed E-state index contributed by atoms with van der Waals surface area (Å²) in [5, 5.41) is 9.13. The number of aromatic nitrogens is 2. The Morgan fingerprint density at radius 1 is 1.21 bits per heavy atom. The number of carbonyl (C=O) groups is 1. The topological polar surface area (TPSA) is 69.6 Å². The molecule has 126 valence electrons. The molecule has 0 aliphatic carbocycles. The van der Waals surface area contributed by atoms with Crippen molar-refractivity contribution in [1.29, 1.82) is 0 Å². The first kappa shape index (κ1) is 16.2. The normalized spacial score (nSPS) is 15.3. The largest absolute Gasteiger partial charge is 0.481 e. The van der Waals surface area contributed by atoms with E-state index in [1.54, 1.807) is 0 Å². The number of rotatable bonds is 4. The van der Waals surface area contributed by atoms with Crippen LogP contribution in [0.3, 0.4) is 0 Å². The second-order valence-electron chi connectivity index (χ2n) is 6.16. The van der Waals surface area contributed by atoms with Crippen LogP contribution in [0, 0.1) is 12.8 Å². The van der Waals surface area contributed by atoms with E-state index in [9.17, 15) is 4.79 Å². The van der Waals surface area contributed by atoms with Gasteiger partial charge >= 0.3 is 5.97 Å². The molecule has 1 aromatic carbocycles. The standard InChI is InChI=1S/C18H22N4O2/c1-13-12-16(22-10-8-14(9-11-22)17(23)24)20-18(19-13)21(2)15-6-4-3-5-7-15/h3-7,12,14H,8-11H2,1-2H3,(H,23,24). The van der Waals surface area contributed by atoms with Crippen molar-refractivity contribution in [3.05, 3.63) is 42.1 Å². The molecular formula is C18H22N4O2. The van der Waals surface area contributed by atoms with E-state index in [1.807, 2.05) is 55.3 Å². The molecule has 2 aromatic rings. The maximum atomic E-state index is 11.1. The number of anilines is 3. The van der Waals surface area contributed by atoms with Crippen LogP contribution in [0.5, 0.6) is 0 Å². The summed E-state index contributed by atoms with van der Waals surface area (Å²) in [6.45, 7) is 3.38. The number of aliphatic carboxylic acids is 1. The molecule has 0 spiro atoms. The summed E-state index contributed by atoms with van der Waals surface area (Å²) in [5.74, 6) is 0.578. The predicted octanol–water partition coefficient (Wildman–Crippen LogP) is 2.85. The lowest BCUT2D eigenvalue weighted by Crippen LogP contribution is -2.37. The third kappa shape index (κ3) is 3.48. The van der Waals surface area contributed by atoms with Crippen LogP contribution in [0.25, 0.3) is 0 Å². The molecule has 0 bridgehead atoms. The zero-order valence-corrected chi connectivity index (χ0v) is 14.0. The van der Waals surface area contributed by atoms with Crippen molar-refractivity contribution in [1.82, 2.24) is 9.97 Å². The van der Waals surface area contributed by atoms with Crippen molar-refractivity contribution in [2.45, 2.75) is 19.8 Å². The van der Waals surface area contributed by atoms with Gasteiger partial charge in [0.05, 0.1) is 5.92 Å². The summed E-state index contributed by atoms with van der Waals surface area (Å²) >= 11 is 0. The van der Waals surface area contributed by atoms with Crippen molar-refractivity contribution in [3.63, 3.8) is 0 Å². The van der Waals surface area contributed by atoms with E-state index in [4.69, 9.17) is 10.1 Å². The third-order valence-electron chi connectivity index (χ3n) is 4.44. The first-order valence-electron chi connectivity index (χ1n) is 8.17. The van der Waals surface area contributed by atoms with E-state index in [-0.39, 0.29) is 5.92 Å². The molecule has 1 aliphatic rings. The lowest BCUT2D eigenvalue weighted by atomic mass is 9.97. The molecule has 6 heteroatoms. The number of piperidine rings is 1. The molecule has 1 N–H and O–H groups in total. The van der Waals surface area contributed by atoms with Crippen LogP contribution in [0.15, 0.2) is 36.4 Å². The number of nitrogens with zero attached hydrogens (tertiary/aromatic N) is 4. The summed E-state index contributed by atoms with van der Waals surface area (Å²) < 4.78 is 0. The Morgan fingerprint density at radius 3 is 2.50 bits per heavy atom. The SMILES string of the molecule is Cc1cc(N2CCC(C(=O)O)CC2)nc(N(C)c2ccccc2)n1. The van der Waals surface area contributed by atoms with Gasteiger partial charge in [0.2, 0.25) is 5.95 Å². The molecule has 0 amide bonds. The maximum Gasteiger partial charge on any atom is 0.306 e. The number of para-hydroxylation sites is 1. The second-order valence-corrected chi connectivity index (χ2v) is 6.16. The van der Waals surface area contributed by atoms with E-state index in [1.165, 1.54) is 0 Å². The fraction of sp³-hybridized carbons (Fsp3) is 0.389. The minimum atomic E-state index is -0.696. The molecule has 0 unspecified atom stereocenters. The molecule has 0 saturated carbocycles. The van der Waals surface area contributed by atoms with Crippen molar-refractivity contribution in [2.75, 3.05) is 29.9 Å². The Hall–Kier alpha value is -2.63. The highest BCUT2D eigenvalue weighted by Crippen LogP contribution is 2.26. The van der Waals surface area contributed by atoms with Gasteiger partial charge < -0.3 is 14.9 Å². The monoisotopic (exact) mass is 326 g/mol. The Labute approximate surface area is 141 Å². The highest BCUT2D eigenvalue weighted by molar-refractivity contribution is 5.70. The fourth-order valence-corrected chi connectivity index (χ4v) is 2.97. The van der Waals surface area contributed by atoms with E-state index >= 15 is 0 Å². The number of hydrogen-bond acceptors (Lipinski definition) is 5. The molecular weight excluding hydrogens is 304 g/mol. The van der Waals surface area contributed by atoms with Gasteiger partial charge in [-0.05, 0) is 31.9 Å². The van der Waals surface area contributed by atoms with E-state index < -0.39 is 5.97 Å². The van der Waals surface area contributed by atoms with Gasteiger partial charge in [-0.3, -0.25) is 4.79 Å². The molecule has 0 radical (unpaired) electrons. The van der Waals surface area contributed by atoms with Crippen LogP contribution < -0.4 is 9.80 Å². The quantitative estimate of drug-likeness (QED) is 0.932. The van der Waals surface area contributed by atoms with E-state index in [2.05, 4.69) is 9.88 Å². The number of carboxylic acid groups (broad SMARTS) is 1. The molecule has 6 nitrogen and oxygen atoms in total. The minimum Gasteiger partial charge on any atom is -0.481 e. The summed E-state index contributed by atoms with van der Waals surface area (Å²) in [7, 11) is 1.95. The van der Waals surface area contributed by atoms with Gasteiger partial charge in [0.25, 0.3) is 0 Å². The van der Waals surface area contributed by atoms with Crippen molar-refractivity contribution >= 4 is 23.4 Å². The fourth-order valence-electron chi connectivity index (χ4n) is 2.97. The minimum absolute atomic E-state index is 0.240. The van der Waals surface area contributed by atoms with Crippen molar-refractivity contribution in [3.8, 4) is 0 Å². The molecule has 3 rings (SSSR count). The van der Waals surface area contributed by atoms with Gasteiger partial charge in [-0.1, -0.05) is 18.2 Å². The lowest BCUT2D eigenvalue weighted by molar-refractivity contribution is -0.142. The molecule has 1 saturated heterocycles. The first-order chi connectivity index (χ1) is 11.5. The van der Waals surface area contributed by atoms with Gasteiger partial charge in [0.1, 0.15) is 5.82 Å². The number of carboxylic acids is 1. The lowest BCUT2D eigenvalue weighted by Gasteiger charge is -2.31. The predicted molar refractivity (Wildman–Crippen MR) is 93.8 cm³/mol.